The molecule has 0 fully saturated rings. The van der Waals surface area contributed by atoms with Crippen LogP contribution in [0.1, 0.15) is 116 Å². The molecule has 0 aliphatic carbocycles. The lowest BCUT2D eigenvalue weighted by Gasteiger charge is -2.14. The Balaban J connectivity index is 3.68. The molecule has 0 heterocycles. The van der Waals surface area contributed by atoms with E-state index in [2.05, 4.69) is 5.32 Å². The van der Waals surface area contributed by atoms with Gasteiger partial charge in [-0.25, -0.2) is 4.79 Å². The number of ether oxygens (including phenoxy) is 2. The van der Waals surface area contributed by atoms with Crippen LogP contribution in [0.25, 0.3) is 0 Å². The molecule has 0 aromatic carbocycles. The number of hydrogen-bond acceptors (Lipinski definition) is 6. The van der Waals surface area contributed by atoms with Gasteiger partial charge in [0.1, 0.15) is 11.8 Å². The average Bonchev–Trinajstić information content (AvgIpc) is 2.83. The predicted molar refractivity (Wildman–Crippen MR) is 138 cm³/mol. The fourth-order valence-corrected chi connectivity index (χ4v) is 3.90. The molecular weight excluding hydrogens is 466 g/mol. The molecule has 1 atom stereocenters. The van der Waals surface area contributed by atoms with E-state index in [1.807, 2.05) is 0 Å². The van der Waals surface area contributed by atoms with Crippen molar-refractivity contribution in [3.8, 4) is 0 Å². The number of ketones is 1. The number of Topliss-reactive ketones (excluding diaryl/α,β-unsaturated/α-hetero) is 1. The van der Waals surface area contributed by atoms with Crippen LogP contribution in [0.2, 0.25) is 0 Å². The topological polar surface area (TPSA) is 139 Å². The van der Waals surface area contributed by atoms with Crippen molar-refractivity contribution in [2.75, 3.05) is 26.9 Å². The second-order valence-electron chi connectivity index (χ2n) is 9.38. The molecule has 3 N–H and O–H groups in total. The Morgan fingerprint density at radius 3 is 1.67 bits per heavy atom. The molecule has 36 heavy (non-hydrogen) atoms. The molecule has 0 spiro atoms. The number of unbranched alkanes of at least 4 members (excludes halogenated alkanes) is 11. The summed E-state index contributed by atoms with van der Waals surface area (Å²) >= 11 is 0. The van der Waals surface area contributed by atoms with Gasteiger partial charge in [0.25, 0.3) is 0 Å². The second-order valence-corrected chi connectivity index (χ2v) is 9.38. The van der Waals surface area contributed by atoms with Gasteiger partial charge < -0.3 is 25.0 Å². The Bertz CT molecular complexity index is 596. The standard InChI is InChI=1S/C27H49NO8/c1-35-21-22-36-20-14-15-23(29)18-19-24(27(33)34)28-25(30)16-12-10-8-6-4-2-3-5-7-9-11-13-17-26(31)32/h24H,2-22H2,1H3,(H,28,30)(H,31,32)(H,33,34)/t24-/m0/s1. The third-order valence-electron chi connectivity index (χ3n) is 6.07. The van der Waals surface area contributed by atoms with Gasteiger partial charge >= 0.3 is 11.9 Å². The van der Waals surface area contributed by atoms with Crippen molar-refractivity contribution in [2.45, 2.75) is 122 Å². The van der Waals surface area contributed by atoms with Gasteiger partial charge in [0, 0.05) is 39.4 Å². The number of amides is 1. The third-order valence-corrected chi connectivity index (χ3v) is 6.07. The molecule has 9 nitrogen and oxygen atoms in total. The Morgan fingerprint density at radius 1 is 0.639 bits per heavy atom. The number of nitrogens with one attached hydrogen (secondary N) is 1. The van der Waals surface area contributed by atoms with Crippen molar-refractivity contribution >= 4 is 23.6 Å². The molecular formula is C27H49NO8. The lowest BCUT2D eigenvalue weighted by Crippen LogP contribution is -2.41. The van der Waals surface area contributed by atoms with Crippen LogP contribution in [0.4, 0.5) is 0 Å². The van der Waals surface area contributed by atoms with Gasteiger partial charge in [-0.15, -0.1) is 0 Å². The number of carbonyl (C=O) groups excluding carboxylic acids is 2. The van der Waals surface area contributed by atoms with E-state index in [9.17, 15) is 24.3 Å². The zero-order valence-electron chi connectivity index (χ0n) is 22.3. The van der Waals surface area contributed by atoms with Crippen LogP contribution in [0.5, 0.6) is 0 Å². The largest absolute Gasteiger partial charge is 0.481 e. The molecule has 0 radical (unpaired) electrons. The summed E-state index contributed by atoms with van der Waals surface area (Å²) in [5, 5.41) is 20.5. The van der Waals surface area contributed by atoms with Crippen LogP contribution in [0, 0.1) is 0 Å². The minimum Gasteiger partial charge on any atom is -0.481 e. The molecule has 9 heteroatoms. The quantitative estimate of drug-likeness (QED) is 0.131. The number of aliphatic carboxylic acids is 2. The number of carbonyl (C=O) groups is 4. The Labute approximate surface area is 216 Å². The van der Waals surface area contributed by atoms with Crippen LogP contribution in [0.3, 0.4) is 0 Å². The normalized spacial score (nSPS) is 11.8. The van der Waals surface area contributed by atoms with Gasteiger partial charge in [0.2, 0.25) is 5.91 Å². The summed E-state index contributed by atoms with van der Waals surface area (Å²) < 4.78 is 10.2. The first kappa shape index (κ1) is 34.0. The molecule has 0 unspecified atom stereocenters. The van der Waals surface area contributed by atoms with E-state index in [-0.39, 0.29) is 31.0 Å². The summed E-state index contributed by atoms with van der Waals surface area (Å²) in [5.74, 6) is -2.12. The molecule has 0 saturated heterocycles. The van der Waals surface area contributed by atoms with E-state index in [4.69, 9.17) is 14.6 Å². The molecule has 0 bridgehead atoms. The number of rotatable bonds is 27. The highest BCUT2D eigenvalue weighted by Crippen LogP contribution is 2.13. The summed E-state index contributed by atoms with van der Waals surface area (Å²) in [6.45, 7) is 1.46. The minimum atomic E-state index is -1.11. The molecule has 0 aromatic rings. The van der Waals surface area contributed by atoms with Crippen molar-refractivity contribution in [1.29, 1.82) is 0 Å². The number of carboxylic acids is 2. The van der Waals surface area contributed by atoms with E-state index >= 15 is 0 Å². The molecule has 0 aliphatic rings. The van der Waals surface area contributed by atoms with Crippen molar-refractivity contribution in [3.05, 3.63) is 0 Å². The predicted octanol–water partition coefficient (Wildman–Crippen LogP) is 4.89. The summed E-state index contributed by atoms with van der Waals surface area (Å²) in [7, 11) is 1.59. The van der Waals surface area contributed by atoms with E-state index in [0.29, 0.717) is 39.1 Å². The smallest absolute Gasteiger partial charge is 0.326 e. The molecule has 1 amide bonds. The average molecular weight is 516 g/mol. The lowest BCUT2D eigenvalue weighted by molar-refractivity contribution is -0.142. The van der Waals surface area contributed by atoms with E-state index in [1.165, 1.54) is 32.1 Å². The highest BCUT2D eigenvalue weighted by atomic mass is 16.5. The van der Waals surface area contributed by atoms with Crippen molar-refractivity contribution < 1.29 is 38.9 Å². The fourth-order valence-electron chi connectivity index (χ4n) is 3.90. The first-order valence-electron chi connectivity index (χ1n) is 13.7. The minimum absolute atomic E-state index is 0.0263. The van der Waals surface area contributed by atoms with E-state index in [0.717, 1.165) is 44.9 Å². The number of carboxylic acid groups (broad SMARTS) is 2. The van der Waals surface area contributed by atoms with Crippen molar-refractivity contribution in [1.82, 2.24) is 5.32 Å². The van der Waals surface area contributed by atoms with Gasteiger partial charge in [-0.2, -0.15) is 0 Å². The van der Waals surface area contributed by atoms with Gasteiger partial charge in [-0.05, 0) is 25.7 Å². The zero-order valence-corrected chi connectivity index (χ0v) is 22.3. The van der Waals surface area contributed by atoms with Crippen LogP contribution in [0.15, 0.2) is 0 Å². The number of methoxy groups -OCH3 is 1. The van der Waals surface area contributed by atoms with E-state index in [1.54, 1.807) is 7.11 Å². The molecule has 0 rings (SSSR count). The van der Waals surface area contributed by atoms with Crippen LogP contribution < -0.4 is 5.32 Å². The highest BCUT2D eigenvalue weighted by molar-refractivity contribution is 5.84. The maximum absolute atomic E-state index is 12.1. The Kier molecular flexibility index (Phi) is 23.3. The first-order valence-corrected chi connectivity index (χ1v) is 13.7. The molecule has 0 saturated carbocycles. The fraction of sp³-hybridized carbons (Fsp3) is 0.852. The highest BCUT2D eigenvalue weighted by Gasteiger charge is 2.20. The Hall–Kier alpha value is -2.00. The zero-order chi connectivity index (χ0) is 26.9. The number of hydrogen-bond donors (Lipinski definition) is 3. The Morgan fingerprint density at radius 2 is 1.17 bits per heavy atom. The van der Waals surface area contributed by atoms with Crippen LogP contribution in [-0.4, -0.2) is 66.8 Å². The summed E-state index contributed by atoms with van der Waals surface area (Å²) in [6, 6.07) is -1.03. The van der Waals surface area contributed by atoms with E-state index < -0.39 is 18.0 Å². The molecule has 0 aromatic heterocycles. The molecule has 210 valence electrons. The summed E-state index contributed by atoms with van der Waals surface area (Å²) in [5.41, 5.74) is 0. The van der Waals surface area contributed by atoms with Crippen molar-refractivity contribution in [3.63, 3.8) is 0 Å². The first-order chi connectivity index (χ1) is 17.4. The van der Waals surface area contributed by atoms with Gasteiger partial charge in [-0.3, -0.25) is 14.4 Å². The maximum Gasteiger partial charge on any atom is 0.326 e. The summed E-state index contributed by atoms with van der Waals surface area (Å²) in [6.07, 6.45) is 14.5. The van der Waals surface area contributed by atoms with Gasteiger partial charge in [0.15, 0.2) is 0 Å². The second kappa shape index (κ2) is 24.7. The third kappa shape index (κ3) is 23.7. The monoisotopic (exact) mass is 515 g/mol. The van der Waals surface area contributed by atoms with Crippen LogP contribution in [-0.2, 0) is 28.7 Å². The summed E-state index contributed by atoms with van der Waals surface area (Å²) in [4.78, 5) is 46.0. The molecule has 0 aliphatic heterocycles. The van der Waals surface area contributed by atoms with Gasteiger partial charge in [0.05, 0.1) is 13.2 Å². The SMILES string of the molecule is COCCOCCCC(=O)CC[C@H](NC(=O)CCCCCCCCCCCCCCC(=O)O)C(=O)O. The van der Waals surface area contributed by atoms with Gasteiger partial charge in [-0.1, -0.05) is 64.2 Å². The maximum atomic E-state index is 12.1. The van der Waals surface area contributed by atoms with Crippen molar-refractivity contribution in [2.24, 2.45) is 0 Å². The lowest BCUT2D eigenvalue weighted by atomic mass is 10.0. The van der Waals surface area contributed by atoms with Crippen LogP contribution >= 0.6 is 0 Å².